The number of rotatable bonds is 5. The van der Waals surface area contributed by atoms with Crippen molar-refractivity contribution in [2.24, 2.45) is 0 Å². The molecule has 28 heavy (non-hydrogen) atoms. The van der Waals surface area contributed by atoms with E-state index in [2.05, 4.69) is 35.6 Å². The molecule has 142 valence electrons. The molecule has 0 fully saturated rings. The molecule has 0 aliphatic rings. The first-order valence-corrected chi connectivity index (χ1v) is 8.94. The maximum absolute atomic E-state index is 6.05. The number of aryl methyl sites for hydroxylation is 1. The van der Waals surface area contributed by atoms with Gasteiger partial charge in [0.05, 0.1) is 21.4 Å². The number of ether oxygens (including phenoxy) is 1. The zero-order chi connectivity index (χ0) is 19.7. The highest BCUT2D eigenvalue weighted by Gasteiger charge is 2.14. The molecule has 3 heterocycles. The van der Waals surface area contributed by atoms with Gasteiger partial charge in [-0.1, -0.05) is 23.2 Å². The van der Waals surface area contributed by atoms with Gasteiger partial charge in [-0.2, -0.15) is 9.50 Å². The van der Waals surface area contributed by atoms with Gasteiger partial charge in [-0.3, -0.25) is 0 Å². The fourth-order valence-corrected chi connectivity index (χ4v) is 2.88. The Morgan fingerprint density at radius 2 is 1.96 bits per heavy atom. The average molecular weight is 417 g/mol. The molecule has 4 aromatic rings. The smallest absolute Gasteiger partial charge is 0.272 e. The summed E-state index contributed by atoms with van der Waals surface area (Å²) >= 11 is 12.0. The topological polar surface area (TPSA) is 103 Å². The first-order valence-electron chi connectivity index (χ1n) is 8.18. The first-order chi connectivity index (χ1) is 13.5. The normalized spacial score (nSPS) is 11.1. The summed E-state index contributed by atoms with van der Waals surface area (Å²) in [5.74, 6) is 1.31. The molecular weight excluding hydrogens is 403 g/mol. The van der Waals surface area contributed by atoms with Crippen LogP contribution in [0.25, 0.3) is 17.2 Å². The Hall–Kier alpha value is -2.88. The van der Waals surface area contributed by atoms with E-state index in [4.69, 9.17) is 27.9 Å². The molecule has 0 unspecified atom stereocenters. The molecule has 1 aromatic carbocycles. The number of nitrogens with zero attached hydrogens (tertiary/aromatic N) is 7. The standard InChI is InChI=1S/C17H14Cl2N8O/c1-9-15(24-25-17-23-14(8-28-2)26-27(9)17)13-5-6-20-16(22-13)21-10-3-4-11(18)12(19)7-10/h3-7H,8H2,1-2H3,(H,20,21,22). The maximum atomic E-state index is 6.05. The molecule has 9 nitrogen and oxygen atoms in total. The van der Waals surface area contributed by atoms with E-state index >= 15 is 0 Å². The summed E-state index contributed by atoms with van der Waals surface area (Å²) in [7, 11) is 1.58. The van der Waals surface area contributed by atoms with Gasteiger partial charge in [0.1, 0.15) is 12.3 Å². The second-order valence-corrected chi connectivity index (χ2v) is 6.64. The van der Waals surface area contributed by atoms with E-state index in [0.717, 1.165) is 5.69 Å². The minimum Gasteiger partial charge on any atom is -0.377 e. The van der Waals surface area contributed by atoms with Gasteiger partial charge in [0.25, 0.3) is 5.78 Å². The van der Waals surface area contributed by atoms with Crippen molar-refractivity contribution in [3.8, 4) is 11.4 Å². The quantitative estimate of drug-likeness (QED) is 0.527. The van der Waals surface area contributed by atoms with E-state index < -0.39 is 0 Å². The molecule has 0 bridgehead atoms. The molecule has 0 spiro atoms. The van der Waals surface area contributed by atoms with Gasteiger partial charge in [-0.05, 0) is 31.2 Å². The van der Waals surface area contributed by atoms with Crippen LogP contribution in [0.15, 0.2) is 30.5 Å². The molecule has 11 heteroatoms. The molecule has 0 amide bonds. The highest BCUT2D eigenvalue weighted by molar-refractivity contribution is 6.42. The number of hydrogen-bond acceptors (Lipinski definition) is 8. The summed E-state index contributed by atoms with van der Waals surface area (Å²) in [5, 5.41) is 16.8. The number of halogens is 2. The van der Waals surface area contributed by atoms with Crippen molar-refractivity contribution < 1.29 is 4.74 Å². The third-order valence-corrected chi connectivity index (χ3v) is 4.62. The SMILES string of the molecule is COCc1nc2nnc(-c3ccnc(Nc4ccc(Cl)c(Cl)c4)n3)c(C)n2n1. The predicted octanol–water partition coefficient (Wildman–Crippen LogP) is 3.48. The van der Waals surface area contributed by atoms with Crippen LogP contribution in [-0.2, 0) is 11.3 Å². The number of nitrogens with one attached hydrogen (secondary N) is 1. The van der Waals surface area contributed by atoms with Crippen molar-refractivity contribution in [1.82, 2.24) is 34.8 Å². The van der Waals surface area contributed by atoms with Crippen molar-refractivity contribution in [2.45, 2.75) is 13.5 Å². The summed E-state index contributed by atoms with van der Waals surface area (Å²) in [6.07, 6.45) is 1.63. The molecule has 4 rings (SSSR count). The number of methoxy groups -OCH3 is 1. The molecule has 0 saturated carbocycles. The van der Waals surface area contributed by atoms with Crippen LogP contribution >= 0.6 is 23.2 Å². The van der Waals surface area contributed by atoms with Crippen LogP contribution in [0.1, 0.15) is 11.5 Å². The number of fused-ring (bicyclic) bond motifs is 1. The Morgan fingerprint density at radius 1 is 1.11 bits per heavy atom. The van der Waals surface area contributed by atoms with E-state index in [9.17, 15) is 0 Å². The van der Waals surface area contributed by atoms with E-state index in [1.165, 1.54) is 0 Å². The van der Waals surface area contributed by atoms with Gasteiger partial charge in [-0.25, -0.2) is 9.97 Å². The van der Waals surface area contributed by atoms with Crippen LogP contribution in [-0.4, -0.2) is 41.9 Å². The Bertz CT molecular complexity index is 1160. The predicted molar refractivity (Wildman–Crippen MR) is 105 cm³/mol. The highest BCUT2D eigenvalue weighted by atomic mass is 35.5. The van der Waals surface area contributed by atoms with Gasteiger partial charge in [0.15, 0.2) is 5.82 Å². The third kappa shape index (κ3) is 3.59. The minimum atomic E-state index is 0.295. The van der Waals surface area contributed by atoms with E-state index in [0.29, 0.717) is 51.3 Å². The Kier molecular flexibility index (Phi) is 5.03. The number of benzene rings is 1. The minimum absolute atomic E-state index is 0.295. The molecule has 0 atom stereocenters. The van der Waals surface area contributed by atoms with E-state index in [-0.39, 0.29) is 0 Å². The maximum Gasteiger partial charge on any atom is 0.272 e. The second kappa shape index (κ2) is 7.63. The second-order valence-electron chi connectivity index (χ2n) is 5.83. The van der Waals surface area contributed by atoms with Gasteiger partial charge in [0, 0.05) is 19.0 Å². The molecule has 3 aromatic heterocycles. The Morgan fingerprint density at radius 3 is 2.75 bits per heavy atom. The summed E-state index contributed by atoms with van der Waals surface area (Å²) in [4.78, 5) is 13.0. The highest BCUT2D eigenvalue weighted by Crippen LogP contribution is 2.27. The largest absolute Gasteiger partial charge is 0.377 e. The van der Waals surface area contributed by atoms with Gasteiger partial charge >= 0.3 is 0 Å². The lowest BCUT2D eigenvalue weighted by molar-refractivity contribution is 0.178. The van der Waals surface area contributed by atoms with Crippen LogP contribution in [0, 0.1) is 6.92 Å². The van der Waals surface area contributed by atoms with Gasteiger partial charge in [-0.15, -0.1) is 15.3 Å². The lowest BCUT2D eigenvalue weighted by Crippen LogP contribution is -2.05. The van der Waals surface area contributed by atoms with Crippen molar-refractivity contribution in [1.29, 1.82) is 0 Å². The molecule has 0 aliphatic carbocycles. The van der Waals surface area contributed by atoms with Crippen LogP contribution in [0.3, 0.4) is 0 Å². The molecule has 0 aliphatic heterocycles. The van der Waals surface area contributed by atoms with E-state index in [1.807, 2.05) is 6.92 Å². The van der Waals surface area contributed by atoms with Gasteiger partial charge in [0.2, 0.25) is 5.95 Å². The van der Waals surface area contributed by atoms with Crippen molar-refractivity contribution in [2.75, 3.05) is 12.4 Å². The summed E-state index contributed by atoms with van der Waals surface area (Å²) in [5.41, 5.74) is 2.62. The number of hydrogen-bond donors (Lipinski definition) is 1. The lowest BCUT2D eigenvalue weighted by Gasteiger charge is -2.08. The molecular formula is C17H14Cl2N8O. The lowest BCUT2D eigenvalue weighted by atomic mass is 10.2. The van der Waals surface area contributed by atoms with Crippen LogP contribution in [0.5, 0.6) is 0 Å². The van der Waals surface area contributed by atoms with Crippen molar-refractivity contribution in [3.05, 3.63) is 52.0 Å². The fraction of sp³-hybridized carbons (Fsp3) is 0.176. The van der Waals surface area contributed by atoms with Crippen LogP contribution in [0.2, 0.25) is 10.0 Å². The summed E-state index contributed by atoms with van der Waals surface area (Å²) < 4.78 is 6.68. The third-order valence-electron chi connectivity index (χ3n) is 3.88. The Labute approximate surface area is 169 Å². The zero-order valence-electron chi connectivity index (χ0n) is 14.9. The first kappa shape index (κ1) is 18.5. The van der Waals surface area contributed by atoms with E-state index in [1.54, 1.807) is 42.1 Å². The molecule has 0 saturated heterocycles. The average Bonchev–Trinajstić information content (AvgIpc) is 3.09. The van der Waals surface area contributed by atoms with Crippen molar-refractivity contribution >= 4 is 40.6 Å². The van der Waals surface area contributed by atoms with Gasteiger partial charge < -0.3 is 10.1 Å². The van der Waals surface area contributed by atoms with Crippen LogP contribution < -0.4 is 5.32 Å². The number of anilines is 2. The summed E-state index contributed by atoms with van der Waals surface area (Å²) in [6.45, 7) is 2.17. The fourth-order valence-electron chi connectivity index (χ4n) is 2.58. The number of aromatic nitrogens is 7. The van der Waals surface area contributed by atoms with Crippen LogP contribution in [0.4, 0.5) is 11.6 Å². The Balaban J connectivity index is 1.68. The molecule has 1 N–H and O–H groups in total. The monoisotopic (exact) mass is 416 g/mol. The summed E-state index contributed by atoms with van der Waals surface area (Å²) in [6, 6.07) is 6.93. The zero-order valence-corrected chi connectivity index (χ0v) is 16.4. The van der Waals surface area contributed by atoms with Crippen molar-refractivity contribution in [3.63, 3.8) is 0 Å². The molecule has 0 radical (unpaired) electrons.